The van der Waals surface area contributed by atoms with E-state index in [-0.39, 0.29) is 44.2 Å². The zero-order chi connectivity index (χ0) is 23.1. The van der Waals surface area contributed by atoms with Gasteiger partial charge in [-0.3, -0.25) is 4.79 Å². The molecule has 0 heterocycles. The molecule has 9 heteroatoms. The average Bonchev–Trinajstić information content (AvgIpc) is 2.73. The first-order valence-electron chi connectivity index (χ1n) is 10.7. The molecule has 0 saturated carbocycles. The lowest BCUT2D eigenvalue weighted by Crippen LogP contribution is -2.43. The standard InChI is InChI=1S/C22H36N2O7/c1-17(2)24(22(26)6-5-11-31-23-27)14-20(25)16-30-21-9-7-19(8-10-21)15-28-12-13-29-18(3)4/h7-10,17-18,20,25H,5-6,11-16H2,1-4H3. The monoisotopic (exact) mass is 440 g/mol. The van der Waals surface area contributed by atoms with Crippen molar-refractivity contribution < 1.29 is 28.9 Å². The summed E-state index contributed by atoms with van der Waals surface area (Å²) < 4.78 is 16.6. The molecular weight excluding hydrogens is 404 g/mol. The zero-order valence-electron chi connectivity index (χ0n) is 19.0. The summed E-state index contributed by atoms with van der Waals surface area (Å²) in [6.45, 7) is 9.65. The fourth-order valence-corrected chi connectivity index (χ4v) is 2.76. The molecule has 0 spiro atoms. The Bertz CT molecular complexity index is 623. The van der Waals surface area contributed by atoms with E-state index < -0.39 is 6.10 Å². The van der Waals surface area contributed by atoms with Crippen molar-refractivity contribution in [1.29, 1.82) is 0 Å². The van der Waals surface area contributed by atoms with E-state index in [1.165, 1.54) is 0 Å². The van der Waals surface area contributed by atoms with Gasteiger partial charge in [-0.1, -0.05) is 12.1 Å². The number of aliphatic hydroxyl groups is 1. The molecule has 0 saturated heterocycles. The van der Waals surface area contributed by atoms with Gasteiger partial charge in [0, 0.05) is 12.5 Å². The van der Waals surface area contributed by atoms with Crippen molar-refractivity contribution >= 4 is 5.91 Å². The number of amides is 1. The maximum absolute atomic E-state index is 12.3. The second-order valence-corrected chi connectivity index (χ2v) is 7.73. The van der Waals surface area contributed by atoms with Crippen LogP contribution in [0.4, 0.5) is 0 Å². The third-order valence-electron chi connectivity index (χ3n) is 4.34. The predicted molar refractivity (Wildman–Crippen MR) is 117 cm³/mol. The molecule has 0 bridgehead atoms. The molecule has 0 radical (unpaired) electrons. The third-order valence-corrected chi connectivity index (χ3v) is 4.34. The first-order chi connectivity index (χ1) is 14.8. The molecule has 31 heavy (non-hydrogen) atoms. The fourth-order valence-electron chi connectivity index (χ4n) is 2.76. The number of hydrogen-bond donors (Lipinski definition) is 1. The lowest BCUT2D eigenvalue weighted by molar-refractivity contribution is -0.135. The number of nitrogens with zero attached hydrogens (tertiary/aromatic N) is 2. The summed E-state index contributed by atoms with van der Waals surface area (Å²) in [5, 5.41) is 12.6. The van der Waals surface area contributed by atoms with Crippen LogP contribution in [0.5, 0.6) is 5.75 Å². The summed E-state index contributed by atoms with van der Waals surface area (Å²) in [6.07, 6.45) is -0.0276. The molecule has 0 aliphatic heterocycles. The van der Waals surface area contributed by atoms with Crippen molar-refractivity contribution in [3.63, 3.8) is 0 Å². The van der Waals surface area contributed by atoms with E-state index in [0.29, 0.717) is 32.0 Å². The largest absolute Gasteiger partial charge is 0.491 e. The van der Waals surface area contributed by atoms with Crippen LogP contribution < -0.4 is 4.74 Å². The highest BCUT2D eigenvalue weighted by Gasteiger charge is 2.20. The number of hydrogen-bond acceptors (Lipinski definition) is 8. The maximum atomic E-state index is 12.3. The number of aliphatic hydroxyl groups excluding tert-OH is 1. The van der Waals surface area contributed by atoms with Gasteiger partial charge >= 0.3 is 0 Å². The van der Waals surface area contributed by atoms with Gasteiger partial charge < -0.3 is 29.1 Å². The van der Waals surface area contributed by atoms with Gasteiger partial charge in [0.15, 0.2) is 5.34 Å². The maximum Gasteiger partial charge on any atom is 0.223 e. The van der Waals surface area contributed by atoms with Crippen LogP contribution in [0.2, 0.25) is 0 Å². The van der Waals surface area contributed by atoms with Crippen molar-refractivity contribution in [3.05, 3.63) is 34.7 Å². The summed E-state index contributed by atoms with van der Waals surface area (Å²) in [5.41, 5.74) is 1.02. The number of rotatable bonds is 17. The predicted octanol–water partition coefficient (Wildman–Crippen LogP) is 3.08. The highest BCUT2D eigenvalue weighted by molar-refractivity contribution is 5.76. The Labute approximate surface area is 184 Å². The Hall–Kier alpha value is -2.23. The highest BCUT2D eigenvalue weighted by atomic mass is 16.7. The van der Waals surface area contributed by atoms with Crippen LogP contribution in [0.3, 0.4) is 0 Å². The smallest absolute Gasteiger partial charge is 0.223 e. The van der Waals surface area contributed by atoms with Crippen LogP contribution in [0.1, 0.15) is 46.1 Å². The van der Waals surface area contributed by atoms with Crippen molar-refractivity contribution in [2.75, 3.05) is 33.0 Å². The molecule has 1 rings (SSSR count). The minimum Gasteiger partial charge on any atom is -0.491 e. The summed E-state index contributed by atoms with van der Waals surface area (Å²) in [4.78, 5) is 28.2. The number of carbonyl (C=O) groups is 1. The van der Waals surface area contributed by atoms with Crippen LogP contribution in [0.25, 0.3) is 0 Å². The van der Waals surface area contributed by atoms with E-state index in [4.69, 9.17) is 14.2 Å². The second-order valence-electron chi connectivity index (χ2n) is 7.73. The highest BCUT2D eigenvalue weighted by Crippen LogP contribution is 2.14. The minimum atomic E-state index is -0.830. The molecule has 1 N–H and O–H groups in total. The molecule has 1 aromatic carbocycles. The van der Waals surface area contributed by atoms with Gasteiger partial charge in [-0.2, -0.15) is 0 Å². The lowest BCUT2D eigenvalue weighted by atomic mass is 10.2. The van der Waals surface area contributed by atoms with Gasteiger partial charge in [0.25, 0.3) is 0 Å². The van der Waals surface area contributed by atoms with Gasteiger partial charge in [0.2, 0.25) is 5.91 Å². The SMILES string of the molecule is CC(C)OCCOCc1ccc(OCC(O)CN(C(=O)CCCON=O)C(C)C)cc1. The van der Waals surface area contributed by atoms with Crippen molar-refractivity contribution in [3.8, 4) is 5.75 Å². The molecular formula is C22H36N2O7. The lowest BCUT2D eigenvalue weighted by Gasteiger charge is -2.29. The molecule has 1 unspecified atom stereocenters. The number of ether oxygens (including phenoxy) is 3. The molecule has 0 fully saturated rings. The topological polar surface area (TPSA) is 107 Å². The van der Waals surface area contributed by atoms with Crippen LogP contribution in [-0.4, -0.2) is 67.1 Å². The normalized spacial score (nSPS) is 12.1. The van der Waals surface area contributed by atoms with Crippen molar-refractivity contribution in [2.24, 2.45) is 5.34 Å². The van der Waals surface area contributed by atoms with Gasteiger partial charge in [0.1, 0.15) is 25.1 Å². The van der Waals surface area contributed by atoms with E-state index in [2.05, 4.69) is 10.2 Å². The van der Waals surface area contributed by atoms with Gasteiger partial charge in [-0.05, 0) is 51.8 Å². The average molecular weight is 441 g/mol. The number of carbonyl (C=O) groups excluding carboxylic acids is 1. The van der Waals surface area contributed by atoms with E-state index in [9.17, 15) is 14.8 Å². The fraction of sp³-hybridized carbons (Fsp3) is 0.682. The molecule has 176 valence electrons. The Kier molecular flexibility index (Phi) is 13.4. The van der Waals surface area contributed by atoms with Gasteiger partial charge in [-0.25, -0.2) is 0 Å². The van der Waals surface area contributed by atoms with Crippen LogP contribution in [0.15, 0.2) is 29.6 Å². The summed E-state index contributed by atoms with van der Waals surface area (Å²) in [6, 6.07) is 7.39. The molecule has 1 amide bonds. The Morgan fingerprint density at radius 1 is 1.10 bits per heavy atom. The summed E-state index contributed by atoms with van der Waals surface area (Å²) >= 11 is 0. The molecule has 0 aromatic heterocycles. The van der Waals surface area contributed by atoms with E-state index in [0.717, 1.165) is 5.56 Å². The van der Waals surface area contributed by atoms with E-state index in [1.54, 1.807) is 4.90 Å². The molecule has 0 aliphatic carbocycles. The molecule has 1 aromatic rings. The first kappa shape index (κ1) is 26.8. The Morgan fingerprint density at radius 3 is 2.42 bits per heavy atom. The van der Waals surface area contributed by atoms with E-state index >= 15 is 0 Å². The molecule has 0 aliphatic rings. The first-order valence-corrected chi connectivity index (χ1v) is 10.7. The summed E-state index contributed by atoms with van der Waals surface area (Å²) in [7, 11) is 0. The van der Waals surface area contributed by atoms with Gasteiger partial charge in [-0.15, -0.1) is 4.91 Å². The van der Waals surface area contributed by atoms with Gasteiger partial charge in [0.05, 0.1) is 32.5 Å². The molecule has 1 atom stereocenters. The third kappa shape index (κ3) is 12.3. The quantitative estimate of drug-likeness (QED) is 0.225. The van der Waals surface area contributed by atoms with E-state index in [1.807, 2.05) is 52.0 Å². The Morgan fingerprint density at radius 2 is 1.81 bits per heavy atom. The second kappa shape index (κ2) is 15.6. The van der Waals surface area contributed by atoms with Crippen LogP contribution in [0, 0.1) is 4.91 Å². The van der Waals surface area contributed by atoms with Crippen molar-refractivity contribution in [1.82, 2.24) is 4.90 Å². The van der Waals surface area contributed by atoms with Crippen molar-refractivity contribution in [2.45, 2.75) is 65.4 Å². The molecule has 9 nitrogen and oxygen atoms in total. The summed E-state index contributed by atoms with van der Waals surface area (Å²) in [5.74, 6) is 0.513. The minimum absolute atomic E-state index is 0.0665. The number of benzene rings is 1. The Balaban J connectivity index is 2.36. The van der Waals surface area contributed by atoms with Crippen LogP contribution >= 0.6 is 0 Å². The zero-order valence-corrected chi connectivity index (χ0v) is 19.0. The van der Waals surface area contributed by atoms with Crippen LogP contribution in [-0.2, 0) is 25.7 Å².